The molecule has 0 amide bonds. The monoisotopic (exact) mass is 333 g/mol. The number of hydrogen-bond donors (Lipinski definition) is 1. The van der Waals surface area contributed by atoms with Gasteiger partial charge in [0.2, 0.25) is 13.1 Å². The maximum atomic E-state index is 12.1. The quantitative estimate of drug-likeness (QED) is 0.545. The number of carboxylic acid groups (broad SMARTS) is 1. The molecule has 0 aliphatic rings. The average Bonchev–Trinajstić information content (AvgIpc) is 2.61. The fourth-order valence-corrected chi connectivity index (χ4v) is 2.87. The van der Waals surface area contributed by atoms with Crippen LogP contribution in [0.5, 0.6) is 0 Å². The van der Waals surface area contributed by atoms with Gasteiger partial charge in [0.25, 0.3) is 0 Å². The lowest BCUT2D eigenvalue weighted by atomic mass is 9.96. The van der Waals surface area contributed by atoms with Crippen LogP contribution in [0.15, 0.2) is 67.3 Å². The molecule has 0 unspecified atom stereocenters. The molecule has 1 heterocycles. The molecule has 0 saturated carbocycles. The van der Waals surface area contributed by atoms with E-state index in [1.165, 1.54) is 6.08 Å². The minimum Gasteiger partial charge on any atom is -0.478 e. The Kier molecular flexibility index (Phi) is 4.66. The van der Waals surface area contributed by atoms with Crippen LogP contribution in [0.1, 0.15) is 15.9 Å². The average molecular weight is 333 g/mol. The molecule has 0 aliphatic carbocycles. The Balaban J connectivity index is 2.33. The molecular formula is C20H17N2O3+. The van der Waals surface area contributed by atoms with E-state index in [1.54, 1.807) is 18.2 Å². The third kappa shape index (κ3) is 3.30. The number of aromatic carboxylic acids is 1. The molecule has 2 aromatic carbocycles. The highest BCUT2D eigenvalue weighted by Gasteiger charge is 2.25. The smallest absolute Gasteiger partial charge is 0.336 e. The Labute approximate surface area is 144 Å². The first kappa shape index (κ1) is 16.5. The Morgan fingerprint density at radius 2 is 1.80 bits per heavy atom. The van der Waals surface area contributed by atoms with Crippen molar-refractivity contribution < 1.29 is 14.7 Å². The van der Waals surface area contributed by atoms with Crippen molar-refractivity contribution in [1.29, 1.82) is 0 Å². The SMILES string of the molecule is C=CC[N+](=O)Cc1c(-c2ccccc2)nc2ccccc2c1C(=O)O. The standard InChI is InChI=1S/C20H16N2O3/c1-2-12-22(25)13-16-18(20(23)24)15-10-6-7-11-17(15)21-19(16)14-8-4-3-5-9-14/h2-11H,1,12-13H2/p+1. The summed E-state index contributed by atoms with van der Waals surface area (Å²) in [6.07, 6.45) is 1.49. The number of fused-ring (bicyclic) bond motifs is 1. The van der Waals surface area contributed by atoms with Gasteiger partial charge in [0, 0.05) is 20.6 Å². The number of aromatic nitrogens is 1. The molecule has 5 heteroatoms. The number of nitroso groups, excluding NO2 is 1. The van der Waals surface area contributed by atoms with Gasteiger partial charge in [-0.1, -0.05) is 55.1 Å². The summed E-state index contributed by atoms with van der Waals surface area (Å²) >= 11 is 0. The third-order valence-corrected chi connectivity index (χ3v) is 3.92. The molecule has 1 N–H and O–H groups in total. The van der Waals surface area contributed by atoms with Crippen molar-refractivity contribution in [3.05, 3.63) is 83.3 Å². The predicted molar refractivity (Wildman–Crippen MR) is 96.5 cm³/mol. The highest BCUT2D eigenvalue weighted by molar-refractivity contribution is 6.05. The van der Waals surface area contributed by atoms with E-state index in [9.17, 15) is 14.8 Å². The number of benzene rings is 2. The second-order valence-electron chi connectivity index (χ2n) is 5.61. The van der Waals surface area contributed by atoms with Gasteiger partial charge >= 0.3 is 5.97 Å². The molecule has 3 aromatic rings. The fraction of sp³-hybridized carbons (Fsp3) is 0.100. The first-order valence-corrected chi connectivity index (χ1v) is 7.85. The molecule has 1 aromatic heterocycles. The zero-order valence-electron chi connectivity index (χ0n) is 13.6. The Hall–Kier alpha value is -3.34. The zero-order valence-corrected chi connectivity index (χ0v) is 13.6. The van der Waals surface area contributed by atoms with Gasteiger partial charge < -0.3 is 5.11 Å². The topological polar surface area (TPSA) is 70.3 Å². The number of rotatable bonds is 6. The summed E-state index contributed by atoms with van der Waals surface area (Å²) in [7, 11) is 0. The van der Waals surface area contributed by atoms with Gasteiger partial charge in [0.1, 0.15) is 0 Å². The van der Waals surface area contributed by atoms with Gasteiger partial charge in [-0.05, 0) is 12.1 Å². The van der Waals surface area contributed by atoms with E-state index in [2.05, 4.69) is 11.6 Å². The Bertz CT molecular complexity index is 965. The number of hydrogen-bond acceptors (Lipinski definition) is 3. The molecule has 0 bridgehead atoms. The minimum atomic E-state index is -1.07. The third-order valence-electron chi connectivity index (χ3n) is 3.92. The van der Waals surface area contributed by atoms with Gasteiger partial charge in [-0.25, -0.2) is 9.78 Å². The van der Waals surface area contributed by atoms with E-state index in [0.717, 1.165) is 10.3 Å². The molecule has 0 spiro atoms. The summed E-state index contributed by atoms with van der Waals surface area (Å²) in [5, 5.41) is 10.3. The second-order valence-corrected chi connectivity index (χ2v) is 5.61. The van der Waals surface area contributed by atoms with Crippen LogP contribution in [0.25, 0.3) is 22.2 Å². The zero-order chi connectivity index (χ0) is 17.8. The van der Waals surface area contributed by atoms with Gasteiger partial charge in [-0.3, -0.25) is 0 Å². The first-order valence-electron chi connectivity index (χ1n) is 7.85. The summed E-state index contributed by atoms with van der Waals surface area (Å²) in [4.78, 5) is 28.8. The van der Waals surface area contributed by atoms with Crippen molar-refractivity contribution in [1.82, 2.24) is 4.98 Å². The van der Waals surface area contributed by atoms with E-state index < -0.39 is 5.97 Å². The van der Waals surface area contributed by atoms with Gasteiger partial charge in [0.05, 0.1) is 22.3 Å². The van der Waals surface area contributed by atoms with Crippen molar-refractivity contribution in [3.63, 3.8) is 0 Å². The maximum Gasteiger partial charge on any atom is 0.336 e. The van der Waals surface area contributed by atoms with Gasteiger partial charge in [-0.2, -0.15) is 0 Å². The normalized spacial score (nSPS) is 10.6. The number of nitrogens with zero attached hydrogens (tertiary/aromatic N) is 2. The van der Waals surface area contributed by atoms with Crippen molar-refractivity contribution >= 4 is 16.9 Å². The van der Waals surface area contributed by atoms with Crippen molar-refractivity contribution in [2.45, 2.75) is 6.54 Å². The van der Waals surface area contributed by atoms with Crippen molar-refractivity contribution in [2.24, 2.45) is 0 Å². The summed E-state index contributed by atoms with van der Waals surface area (Å²) in [6, 6.07) is 16.4. The molecule has 0 aliphatic heterocycles. The maximum absolute atomic E-state index is 12.1. The molecular weight excluding hydrogens is 316 g/mol. The lowest BCUT2D eigenvalue weighted by Gasteiger charge is -2.12. The van der Waals surface area contributed by atoms with E-state index >= 15 is 0 Å². The molecule has 0 radical (unpaired) electrons. The predicted octanol–water partition coefficient (Wildman–Crippen LogP) is 4.06. The van der Waals surface area contributed by atoms with E-state index in [-0.39, 0.29) is 18.7 Å². The Morgan fingerprint density at radius 3 is 2.48 bits per heavy atom. The van der Waals surface area contributed by atoms with Crippen LogP contribution in [0.4, 0.5) is 0 Å². The van der Waals surface area contributed by atoms with Crippen LogP contribution in [-0.2, 0) is 6.54 Å². The lowest BCUT2D eigenvalue weighted by molar-refractivity contribution is -0.554. The molecule has 3 rings (SSSR count). The molecule has 25 heavy (non-hydrogen) atoms. The summed E-state index contributed by atoms with van der Waals surface area (Å²) in [5.74, 6) is -1.07. The van der Waals surface area contributed by atoms with Crippen LogP contribution in [0, 0.1) is 4.91 Å². The van der Waals surface area contributed by atoms with E-state index in [0.29, 0.717) is 22.2 Å². The molecule has 5 nitrogen and oxygen atoms in total. The van der Waals surface area contributed by atoms with Gasteiger partial charge in [0.15, 0.2) is 0 Å². The Morgan fingerprint density at radius 1 is 1.12 bits per heavy atom. The van der Waals surface area contributed by atoms with E-state index in [4.69, 9.17) is 0 Å². The van der Waals surface area contributed by atoms with Crippen LogP contribution < -0.4 is 0 Å². The van der Waals surface area contributed by atoms with Gasteiger partial charge in [-0.15, -0.1) is 0 Å². The summed E-state index contributed by atoms with van der Waals surface area (Å²) in [5.41, 5.74) is 2.41. The largest absolute Gasteiger partial charge is 0.478 e. The second kappa shape index (κ2) is 7.05. The number of para-hydroxylation sites is 1. The summed E-state index contributed by atoms with van der Waals surface area (Å²) < 4.78 is 0.775. The molecule has 124 valence electrons. The lowest BCUT2D eigenvalue weighted by Crippen LogP contribution is -2.14. The van der Waals surface area contributed by atoms with Crippen LogP contribution in [-0.4, -0.2) is 27.4 Å². The first-order chi connectivity index (χ1) is 12.1. The molecule has 0 atom stereocenters. The fourth-order valence-electron chi connectivity index (χ4n) is 2.87. The van der Waals surface area contributed by atoms with Crippen LogP contribution in [0.3, 0.4) is 0 Å². The summed E-state index contributed by atoms with van der Waals surface area (Å²) in [6.45, 7) is 3.59. The van der Waals surface area contributed by atoms with E-state index in [1.807, 2.05) is 36.4 Å². The van der Waals surface area contributed by atoms with Crippen molar-refractivity contribution in [2.75, 3.05) is 6.54 Å². The molecule has 0 saturated heterocycles. The number of carboxylic acids is 1. The van der Waals surface area contributed by atoms with Crippen LogP contribution >= 0.6 is 0 Å². The number of pyridine rings is 1. The molecule has 0 fully saturated rings. The highest BCUT2D eigenvalue weighted by atomic mass is 16.4. The minimum absolute atomic E-state index is 0.0737. The van der Waals surface area contributed by atoms with Crippen LogP contribution in [0.2, 0.25) is 0 Å². The highest BCUT2D eigenvalue weighted by Crippen LogP contribution is 2.30. The number of carbonyl (C=O) groups is 1. The van der Waals surface area contributed by atoms with Crippen molar-refractivity contribution in [3.8, 4) is 11.3 Å².